The van der Waals surface area contributed by atoms with E-state index in [0.717, 1.165) is 75.1 Å². The van der Waals surface area contributed by atoms with Crippen LogP contribution in [0.4, 0.5) is 21.5 Å². The van der Waals surface area contributed by atoms with E-state index in [1.165, 1.54) is 74.4 Å². The molecule has 5 aliphatic rings. The van der Waals surface area contributed by atoms with Crippen LogP contribution in [0.3, 0.4) is 0 Å². The topological polar surface area (TPSA) is 88.7 Å². The summed E-state index contributed by atoms with van der Waals surface area (Å²) in [5.74, 6) is 1.91. The summed E-state index contributed by atoms with van der Waals surface area (Å²) in [5, 5.41) is 14.7. The van der Waals surface area contributed by atoms with E-state index in [0.29, 0.717) is 5.69 Å². The Morgan fingerprint density at radius 2 is 1.53 bits per heavy atom. The van der Waals surface area contributed by atoms with Gasteiger partial charge in [0.15, 0.2) is 0 Å². The molecular formula is C43H65FN6O2S. The minimum atomic E-state index is -1.35. The average molecular weight is 749 g/mol. The summed E-state index contributed by atoms with van der Waals surface area (Å²) in [6, 6.07) is 13.6. The van der Waals surface area contributed by atoms with Gasteiger partial charge in [0.05, 0.1) is 29.9 Å². The van der Waals surface area contributed by atoms with Crippen LogP contribution in [0.2, 0.25) is 0 Å². The van der Waals surface area contributed by atoms with Crippen molar-refractivity contribution in [2.45, 2.75) is 170 Å². The number of likely N-dealkylation sites (tertiary alicyclic amines) is 1. The van der Waals surface area contributed by atoms with Crippen LogP contribution in [0.15, 0.2) is 47.4 Å². The first-order valence-corrected chi connectivity index (χ1v) is 23.3. The van der Waals surface area contributed by atoms with E-state index >= 15 is 4.39 Å². The zero-order valence-electron chi connectivity index (χ0n) is 32.4. The van der Waals surface area contributed by atoms with Crippen LogP contribution in [0.1, 0.15) is 129 Å². The van der Waals surface area contributed by atoms with Crippen LogP contribution in [0.5, 0.6) is 0 Å². The third-order valence-corrected chi connectivity index (χ3v) is 17.4. The maximum absolute atomic E-state index is 15.3. The molecule has 4 aliphatic heterocycles. The van der Waals surface area contributed by atoms with Gasteiger partial charge in [0.25, 0.3) is 0 Å². The molecule has 2 saturated heterocycles. The number of hydrogen-bond donors (Lipinski definition) is 4. The van der Waals surface area contributed by atoms with Gasteiger partial charge < -0.3 is 25.8 Å². The third kappa shape index (κ3) is 8.34. The molecule has 5 atom stereocenters. The lowest BCUT2D eigenvalue weighted by Gasteiger charge is -2.44. The van der Waals surface area contributed by atoms with Gasteiger partial charge in [-0.1, -0.05) is 82.9 Å². The summed E-state index contributed by atoms with van der Waals surface area (Å²) in [6.45, 7) is 4.97. The van der Waals surface area contributed by atoms with Crippen molar-refractivity contribution >= 4 is 38.9 Å². The molecule has 0 bridgehead atoms. The highest BCUT2D eigenvalue weighted by Gasteiger charge is 2.45. The van der Waals surface area contributed by atoms with Crippen LogP contribution < -0.4 is 26.2 Å². The van der Waals surface area contributed by atoms with Crippen molar-refractivity contribution in [3.05, 3.63) is 48.3 Å². The quantitative estimate of drug-likeness (QED) is 0.205. The van der Waals surface area contributed by atoms with Crippen LogP contribution >= 0.6 is 10.0 Å². The molecule has 2 aromatic rings. The lowest BCUT2D eigenvalue weighted by Crippen LogP contribution is -2.60. The average Bonchev–Trinajstić information content (AvgIpc) is 3.72. The first-order valence-electron chi connectivity index (χ1n) is 21.2. The number of carbonyl (C=O) groups excluding carboxylic acids is 2. The highest BCUT2D eigenvalue weighted by molar-refractivity contribution is 8.34. The van der Waals surface area contributed by atoms with Crippen molar-refractivity contribution in [3.63, 3.8) is 0 Å². The van der Waals surface area contributed by atoms with Crippen molar-refractivity contribution < 1.29 is 14.0 Å². The van der Waals surface area contributed by atoms with E-state index in [-0.39, 0.29) is 53.8 Å². The number of nitrogens with one attached hydrogen (secondary N) is 4. The molecule has 0 radical (unpaired) electrons. The minimum absolute atomic E-state index is 0.0653. The van der Waals surface area contributed by atoms with Gasteiger partial charge >= 0.3 is 0 Å². The van der Waals surface area contributed by atoms with E-state index in [2.05, 4.69) is 62.3 Å². The van der Waals surface area contributed by atoms with E-state index in [4.69, 9.17) is 0 Å². The van der Waals surface area contributed by atoms with Gasteiger partial charge in [-0.15, -0.1) is 0 Å². The number of carbonyl (C=O) groups is 2. The number of hydrogen-bond acceptors (Lipinski definition) is 6. The number of para-hydroxylation sites is 2. The van der Waals surface area contributed by atoms with Crippen LogP contribution in [0.25, 0.3) is 0 Å². The Hall–Kier alpha value is -2.98. The Kier molecular flexibility index (Phi) is 12.8. The number of fused-ring (bicyclic) bond motifs is 3. The summed E-state index contributed by atoms with van der Waals surface area (Å²) in [4.78, 5) is 34.9. The maximum Gasteiger partial charge on any atom is 0.238 e. The largest absolute Gasteiger partial charge is 0.361 e. The molecule has 53 heavy (non-hydrogen) atoms. The number of piperidine rings is 1. The van der Waals surface area contributed by atoms with Gasteiger partial charge in [0.2, 0.25) is 11.8 Å². The van der Waals surface area contributed by atoms with Crippen LogP contribution in [-0.4, -0.2) is 70.6 Å². The monoisotopic (exact) mass is 748 g/mol. The standard InChI is InChI=1S/C43H65FN6O2S/c1-3-32-20-15-16-27-49(32)39(51)30-36(47-43-46-35-24-13-14-26-38(35)53(43)28-17-9-4-5-10-18-29-53)42(52)45-31(2)41-48-40-34(44)23-19-25-37(40)50(41)33-21-11-7-6-8-12-22-33/h13-14,19,23-26,31-33,36,41,43,46-48H,3-12,15-18,20-22,27-30H2,1-2H3,(H,45,52)/t31-,32-,36-,41?,43?/m0/s1. The Morgan fingerprint density at radius 1 is 0.849 bits per heavy atom. The normalized spacial score (nSPS) is 26.7. The van der Waals surface area contributed by atoms with Gasteiger partial charge in [0.1, 0.15) is 17.5 Å². The van der Waals surface area contributed by atoms with Gasteiger partial charge in [-0.25, -0.2) is 4.39 Å². The predicted molar refractivity (Wildman–Crippen MR) is 218 cm³/mol. The molecule has 4 heterocycles. The van der Waals surface area contributed by atoms with E-state index in [9.17, 15) is 9.59 Å². The molecule has 292 valence electrons. The second kappa shape index (κ2) is 17.7. The van der Waals surface area contributed by atoms with E-state index in [1.54, 1.807) is 6.07 Å². The van der Waals surface area contributed by atoms with Crippen LogP contribution in [-0.2, 0) is 9.59 Å². The zero-order chi connectivity index (χ0) is 36.8. The lowest BCUT2D eigenvalue weighted by atomic mass is 9.94. The van der Waals surface area contributed by atoms with Crippen molar-refractivity contribution in [1.29, 1.82) is 0 Å². The van der Waals surface area contributed by atoms with Gasteiger partial charge in [-0.05, 0) is 94.1 Å². The molecule has 4 N–H and O–H groups in total. The fraction of sp³-hybridized carbons (Fsp3) is 0.674. The van der Waals surface area contributed by atoms with Crippen molar-refractivity contribution in [2.24, 2.45) is 0 Å². The summed E-state index contributed by atoms with van der Waals surface area (Å²) in [5.41, 5.74) is 2.50. The number of benzene rings is 2. The Labute approximate surface area is 319 Å². The SMILES string of the molecule is CC[C@H]1CCCCN1C(=O)C[C@H](NC1Nc2ccccc2S12CCCCCCCC2)C(=O)N[C@@H](C)C1Nc2c(F)cccc2N1C1CCCCCCC1. The number of amides is 2. The smallest absolute Gasteiger partial charge is 0.238 e. The van der Waals surface area contributed by atoms with E-state index in [1.807, 2.05) is 13.0 Å². The summed E-state index contributed by atoms with van der Waals surface area (Å²) in [6.07, 6.45) is 19.5. The molecule has 2 aromatic carbocycles. The van der Waals surface area contributed by atoms with Crippen molar-refractivity contribution in [1.82, 2.24) is 15.5 Å². The lowest BCUT2D eigenvalue weighted by molar-refractivity contribution is -0.138. The van der Waals surface area contributed by atoms with E-state index < -0.39 is 16.1 Å². The molecule has 2 amide bonds. The number of nitrogens with zero attached hydrogens (tertiary/aromatic N) is 2. The molecular weight excluding hydrogens is 684 g/mol. The molecule has 8 nitrogen and oxygen atoms in total. The molecule has 1 saturated carbocycles. The zero-order valence-corrected chi connectivity index (χ0v) is 33.2. The highest BCUT2D eigenvalue weighted by Crippen LogP contribution is 2.66. The number of anilines is 3. The van der Waals surface area contributed by atoms with Gasteiger partial charge in [-0.3, -0.25) is 14.9 Å². The first kappa shape index (κ1) is 38.3. The molecule has 1 spiro atoms. The summed E-state index contributed by atoms with van der Waals surface area (Å²) in [7, 11) is -1.35. The Bertz CT molecular complexity index is 1540. The van der Waals surface area contributed by atoms with Gasteiger partial charge in [-0.2, -0.15) is 10.0 Å². The fourth-order valence-electron chi connectivity index (χ4n) is 10.1. The summed E-state index contributed by atoms with van der Waals surface area (Å²) < 4.78 is 15.3. The molecule has 3 fully saturated rings. The highest BCUT2D eigenvalue weighted by atomic mass is 32.3. The molecule has 10 heteroatoms. The molecule has 2 unspecified atom stereocenters. The molecule has 0 aromatic heterocycles. The predicted octanol–water partition coefficient (Wildman–Crippen LogP) is 9.07. The fourth-order valence-corrected chi connectivity index (χ4v) is 14.6. The maximum atomic E-state index is 15.3. The Morgan fingerprint density at radius 3 is 2.26 bits per heavy atom. The minimum Gasteiger partial charge on any atom is -0.361 e. The third-order valence-electron chi connectivity index (χ3n) is 13.0. The molecule has 7 rings (SSSR count). The second-order valence-electron chi connectivity index (χ2n) is 16.5. The van der Waals surface area contributed by atoms with Gasteiger partial charge in [0, 0.05) is 29.2 Å². The number of rotatable bonds is 9. The number of halogens is 1. The van der Waals surface area contributed by atoms with Crippen LogP contribution in [0, 0.1) is 5.82 Å². The summed E-state index contributed by atoms with van der Waals surface area (Å²) >= 11 is 0. The van der Waals surface area contributed by atoms with Crippen molar-refractivity contribution in [2.75, 3.05) is 33.6 Å². The molecule has 1 aliphatic carbocycles. The first-order chi connectivity index (χ1) is 25.9. The second-order valence-corrected chi connectivity index (χ2v) is 20.1. The Balaban J connectivity index is 1.16. The van der Waals surface area contributed by atoms with Crippen molar-refractivity contribution in [3.8, 4) is 0 Å².